The van der Waals surface area contributed by atoms with Crippen molar-refractivity contribution in [2.45, 2.75) is 89.8 Å². The summed E-state index contributed by atoms with van der Waals surface area (Å²) in [6.07, 6.45) is 10.1. The second-order valence-corrected chi connectivity index (χ2v) is 11.3. The van der Waals surface area contributed by atoms with Crippen molar-refractivity contribution in [3.63, 3.8) is 0 Å². The van der Waals surface area contributed by atoms with Gasteiger partial charge in [-0.25, -0.2) is 9.59 Å². The molecule has 0 fully saturated rings. The molecule has 0 saturated carbocycles. The van der Waals surface area contributed by atoms with E-state index in [0.717, 1.165) is 32.1 Å². The Balaban J connectivity index is 1.79. The zero-order valence-corrected chi connectivity index (χ0v) is 25.3. The lowest BCUT2D eigenvalue weighted by molar-refractivity contribution is -0.143. The molecule has 1 aromatic heterocycles. The van der Waals surface area contributed by atoms with Crippen molar-refractivity contribution >= 4 is 18.0 Å². The predicted octanol–water partition coefficient (Wildman–Crippen LogP) is 5.29. The van der Waals surface area contributed by atoms with Crippen molar-refractivity contribution in [3.8, 4) is 22.8 Å². The fourth-order valence-corrected chi connectivity index (χ4v) is 4.84. The number of carbonyl (C=O) groups excluding carboxylic acids is 3. The van der Waals surface area contributed by atoms with E-state index >= 15 is 0 Å². The van der Waals surface area contributed by atoms with Crippen molar-refractivity contribution in [2.75, 3.05) is 20.8 Å². The zero-order valence-electron chi connectivity index (χ0n) is 25.3. The molecular weight excluding hydrogens is 540 g/mol. The van der Waals surface area contributed by atoms with Crippen LogP contribution in [0.3, 0.4) is 0 Å². The maximum atomic E-state index is 13.4. The number of benzene rings is 1. The highest BCUT2D eigenvalue weighted by Gasteiger charge is 2.27. The number of hydrogen-bond donors (Lipinski definition) is 3. The number of ether oxygens (including phenoxy) is 3. The maximum Gasteiger partial charge on any atom is 0.407 e. The summed E-state index contributed by atoms with van der Waals surface area (Å²) < 4.78 is 17.5. The summed E-state index contributed by atoms with van der Waals surface area (Å²) >= 11 is 0. The Labute approximate surface area is 247 Å². The normalized spacial score (nSPS) is 16.8. The molecule has 0 radical (unpaired) electrons. The van der Waals surface area contributed by atoms with Gasteiger partial charge in [0.25, 0.3) is 5.91 Å². The van der Waals surface area contributed by atoms with Crippen molar-refractivity contribution in [1.82, 2.24) is 20.4 Å². The van der Waals surface area contributed by atoms with Crippen LogP contribution in [0.1, 0.15) is 88.7 Å². The lowest BCUT2D eigenvalue weighted by Crippen LogP contribution is -2.41. The first-order valence-electron chi connectivity index (χ1n) is 14.5. The molecule has 1 aliphatic carbocycles. The van der Waals surface area contributed by atoms with Gasteiger partial charge in [-0.2, -0.15) is 5.10 Å². The number of esters is 1. The Bertz CT molecular complexity index is 1250. The van der Waals surface area contributed by atoms with E-state index in [1.165, 1.54) is 14.2 Å². The third-order valence-corrected chi connectivity index (χ3v) is 6.87. The summed E-state index contributed by atoms with van der Waals surface area (Å²) in [5.41, 5.74) is 0.483. The average Bonchev–Trinajstić information content (AvgIpc) is 3.35. The van der Waals surface area contributed by atoms with E-state index in [9.17, 15) is 19.5 Å². The zero-order chi connectivity index (χ0) is 30.7. The molecule has 0 spiro atoms. The topological polar surface area (TPSA) is 141 Å². The number of unbranched alkanes of at least 4 members (excludes halogenated alkanes) is 1. The number of carbonyl (C=O) groups is 3. The molecule has 1 unspecified atom stereocenters. The summed E-state index contributed by atoms with van der Waals surface area (Å²) in [7, 11) is 2.79. The molecule has 1 heterocycles. The number of allylic oxidation sites excluding steroid dienone is 2. The van der Waals surface area contributed by atoms with Crippen LogP contribution < -0.4 is 15.4 Å². The fraction of sp³-hybridized carbons (Fsp3) is 0.548. The van der Waals surface area contributed by atoms with Gasteiger partial charge in [-0.05, 0) is 77.5 Å². The summed E-state index contributed by atoms with van der Waals surface area (Å²) in [5, 5.41) is 20.9. The van der Waals surface area contributed by atoms with Crippen LogP contribution in [0.2, 0.25) is 0 Å². The number of alkyl carbamates (subject to hydrolysis) is 1. The first-order valence-corrected chi connectivity index (χ1v) is 14.5. The third kappa shape index (κ3) is 9.25. The van der Waals surface area contributed by atoms with Gasteiger partial charge in [0.1, 0.15) is 23.1 Å². The van der Waals surface area contributed by atoms with E-state index in [-0.39, 0.29) is 17.5 Å². The Hall–Kier alpha value is -4.02. The second-order valence-electron chi connectivity index (χ2n) is 11.3. The highest BCUT2D eigenvalue weighted by molar-refractivity contribution is 5.96. The highest BCUT2D eigenvalue weighted by atomic mass is 16.6. The molecule has 2 aromatic rings. The molecule has 2 amide bonds. The van der Waals surface area contributed by atoms with Crippen LogP contribution in [-0.2, 0) is 14.3 Å². The Morgan fingerprint density at radius 2 is 1.93 bits per heavy atom. The van der Waals surface area contributed by atoms with Crippen LogP contribution in [0.4, 0.5) is 4.79 Å². The molecule has 11 nitrogen and oxygen atoms in total. The van der Waals surface area contributed by atoms with Crippen LogP contribution in [0.25, 0.3) is 11.3 Å². The van der Waals surface area contributed by atoms with Gasteiger partial charge in [-0.3, -0.25) is 9.48 Å². The van der Waals surface area contributed by atoms with Crippen LogP contribution in [-0.4, -0.2) is 65.3 Å². The molecule has 3 N–H and O–H groups in total. The molecule has 3 rings (SSSR count). The van der Waals surface area contributed by atoms with E-state index in [1.54, 1.807) is 49.7 Å². The average molecular weight is 585 g/mol. The van der Waals surface area contributed by atoms with Crippen LogP contribution in [0.15, 0.2) is 36.4 Å². The molecular formula is C31H44N4O7. The number of phenolic OH excluding ortho intramolecular Hbond substituents is 1. The van der Waals surface area contributed by atoms with Gasteiger partial charge < -0.3 is 30.0 Å². The molecule has 0 bridgehead atoms. The van der Waals surface area contributed by atoms with E-state index in [2.05, 4.69) is 27.9 Å². The van der Waals surface area contributed by atoms with Gasteiger partial charge in [-0.15, -0.1) is 0 Å². The minimum Gasteiger partial charge on any atom is -0.507 e. The van der Waals surface area contributed by atoms with Crippen molar-refractivity contribution < 1.29 is 33.7 Å². The predicted molar refractivity (Wildman–Crippen MR) is 158 cm³/mol. The van der Waals surface area contributed by atoms with Crippen LogP contribution in [0.5, 0.6) is 11.5 Å². The van der Waals surface area contributed by atoms with E-state index in [1.807, 2.05) is 0 Å². The number of aromatic hydroxyl groups is 1. The Kier molecular flexibility index (Phi) is 11.8. The monoisotopic (exact) mass is 584 g/mol. The fourth-order valence-electron chi connectivity index (χ4n) is 4.84. The number of hydrogen-bond acceptors (Lipinski definition) is 8. The summed E-state index contributed by atoms with van der Waals surface area (Å²) in [5.74, 6) is -0.662. The minimum absolute atomic E-state index is 0.00436. The van der Waals surface area contributed by atoms with Gasteiger partial charge in [0.05, 0.1) is 31.5 Å². The molecule has 1 aromatic carbocycles. The van der Waals surface area contributed by atoms with Crippen LogP contribution >= 0.6 is 0 Å². The number of nitrogens with zero attached hydrogens (tertiary/aromatic N) is 2. The molecule has 230 valence electrons. The third-order valence-electron chi connectivity index (χ3n) is 6.87. The molecule has 42 heavy (non-hydrogen) atoms. The number of rotatable bonds is 11. The van der Waals surface area contributed by atoms with Gasteiger partial charge in [0, 0.05) is 6.54 Å². The summed E-state index contributed by atoms with van der Waals surface area (Å²) in [6, 6.07) is 5.57. The molecule has 2 atom stereocenters. The maximum absolute atomic E-state index is 13.4. The van der Waals surface area contributed by atoms with E-state index < -0.39 is 29.6 Å². The summed E-state index contributed by atoms with van der Waals surface area (Å²) in [4.78, 5) is 37.8. The lowest BCUT2D eigenvalue weighted by Gasteiger charge is -2.20. The Morgan fingerprint density at radius 1 is 1.14 bits per heavy atom. The van der Waals surface area contributed by atoms with Crippen molar-refractivity contribution in [3.05, 3.63) is 42.1 Å². The number of phenols is 1. The SMILES string of the molecule is COC(=O)[C@H](CCCCNC(=O)OC(C)(C)C)NC(=O)c1cc(-c2c(O)cccc2OC)n(C2/C=C\CCCCC2)n1. The molecule has 1 aliphatic rings. The quantitative estimate of drug-likeness (QED) is 0.184. The van der Waals surface area contributed by atoms with E-state index in [0.29, 0.717) is 42.8 Å². The lowest BCUT2D eigenvalue weighted by atomic mass is 10.0. The van der Waals surface area contributed by atoms with Gasteiger partial charge in [0.2, 0.25) is 0 Å². The Morgan fingerprint density at radius 3 is 2.64 bits per heavy atom. The smallest absolute Gasteiger partial charge is 0.407 e. The van der Waals surface area contributed by atoms with Crippen molar-refractivity contribution in [2.24, 2.45) is 0 Å². The second kappa shape index (κ2) is 15.3. The molecule has 0 aliphatic heterocycles. The van der Waals surface area contributed by atoms with Gasteiger partial charge in [-0.1, -0.05) is 31.1 Å². The number of nitrogens with one attached hydrogen (secondary N) is 2. The first kappa shape index (κ1) is 32.5. The summed E-state index contributed by atoms with van der Waals surface area (Å²) in [6.45, 7) is 5.73. The van der Waals surface area contributed by atoms with E-state index in [4.69, 9.17) is 14.2 Å². The largest absolute Gasteiger partial charge is 0.507 e. The van der Waals surface area contributed by atoms with Crippen molar-refractivity contribution in [1.29, 1.82) is 0 Å². The highest BCUT2D eigenvalue weighted by Crippen LogP contribution is 2.40. The molecule has 11 heteroatoms. The first-order chi connectivity index (χ1) is 20.0. The number of amides is 2. The standard InChI is InChI=1S/C31H44N4O7/c1-31(2,3)42-30(39)32-19-12-11-16-22(29(38)41-5)33-28(37)23-20-24(27-25(36)17-13-18-26(27)40-4)35(34-23)21-14-9-7-6-8-10-15-21/h9,13-14,17-18,20-22,36H,6-8,10-12,15-16,19H2,1-5H3,(H,32,39)(H,33,37)/b14-9-/t21?,22-/m0/s1. The molecule has 0 saturated heterocycles. The number of methoxy groups -OCH3 is 2. The van der Waals surface area contributed by atoms with Gasteiger partial charge >= 0.3 is 12.1 Å². The van der Waals surface area contributed by atoms with Crippen LogP contribution in [0, 0.1) is 0 Å². The van der Waals surface area contributed by atoms with Gasteiger partial charge in [0.15, 0.2) is 5.69 Å². The number of aromatic nitrogens is 2. The minimum atomic E-state index is -0.904.